The maximum atomic E-state index is 14.4. The molecule has 0 aliphatic carbocycles. The minimum absolute atomic E-state index is 0.331. The van der Waals surface area contributed by atoms with E-state index in [4.69, 9.17) is 0 Å². The highest BCUT2D eigenvalue weighted by atomic mass is 19.1. The Morgan fingerprint density at radius 1 is 0.778 bits per heavy atom. The molecule has 6 heteroatoms. The molecule has 128 valence electrons. The van der Waals surface area contributed by atoms with Gasteiger partial charge in [0.15, 0.2) is 5.65 Å². The summed E-state index contributed by atoms with van der Waals surface area (Å²) in [5.74, 6) is -0.331. The first-order chi connectivity index (χ1) is 13.3. The van der Waals surface area contributed by atoms with E-state index < -0.39 is 0 Å². The number of hydrogen-bond donors (Lipinski definition) is 0. The van der Waals surface area contributed by atoms with Crippen LogP contribution >= 0.6 is 0 Å². The van der Waals surface area contributed by atoms with Gasteiger partial charge in [-0.25, -0.2) is 24.3 Å². The normalized spacial score (nSPS) is 11.1. The lowest BCUT2D eigenvalue weighted by molar-refractivity contribution is 0.631. The topological polar surface area (TPSA) is 64.5 Å². The number of hydrogen-bond acceptors (Lipinski definition) is 5. The maximum absolute atomic E-state index is 14.4. The Balaban J connectivity index is 1.87. The van der Waals surface area contributed by atoms with E-state index in [1.807, 2.05) is 24.3 Å². The molecule has 0 radical (unpaired) electrons. The predicted octanol–water partition coefficient (Wildman–Crippen LogP) is 4.44. The molecular weight excluding hydrogens is 341 g/mol. The molecule has 0 N–H and O–H groups in total. The molecule has 0 spiro atoms. The van der Waals surface area contributed by atoms with Gasteiger partial charge in [0.05, 0.1) is 23.1 Å². The molecule has 0 aliphatic rings. The van der Waals surface area contributed by atoms with Gasteiger partial charge in [0.25, 0.3) is 0 Å². The average Bonchev–Trinajstić information content (AvgIpc) is 2.73. The van der Waals surface area contributed by atoms with E-state index in [1.165, 1.54) is 12.4 Å². The van der Waals surface area contributed by atoms with Crippen molar-refractivity contribution < 1.29 is 4.39 Å². The van der Waals surface area contributed by atoms with Gasteiger partial charge in [-0.2, -0.15) is 0 Å². The fourth-order valence-corrected chi connectivity index (χ4v) is 3.18. The van der Waals surface area contributed by atoms with Crippen LogP contribution in [0.5, 0.6) is 0 Å². The van der Waals surface area contributed by atoms with Crippen LogP contribution in [-0.2, 0) is 0 Å². The molecule has 5 nitrogen and oxygen atoms in total. The van der Waals surface area contributed by atoms with Gasteiger partial charge >= 0.3 is 0 Å². The number of pyridine rings is 3. The van der Waals surface area contributed by atoms with Crippen LogP contribution < -0.4 is 0 Å². The van der Waals surface area contributed by atoms with Crippen LogP contribution in [0.4, 0.5) is 4.39 Å². The van der Waals surface area contributed by atoms with Gasteiger partial charge < -0.3 is 0 Å². The minimum Gasteiger partial charge on any atom is -0.262 e. The number of benzene rings is 1. The molecule has 0 amide bonds. The van der Waals surface area contributed by atoms with E-state index in [1.54, 1.807) is 36.8 Å². The second-order valence-corrected chi connectivity index (χ2v) is 6.02. The van der Waals surface area contributed by atoms with Gasteiger partial charge in [-0.15, -0.1) is 0 Å². The smallest absolute Gasteiger partial charge is 0.160 e. The fourth-order valence-electron chi connectivity index (χ4n) is 3.18. The molecule has 5 rings (SSSR count). The molecule has 0 saturated carbocycles. The number of nitrogens with zero attached hydrogens (tertiary/aromatic N) is 5. The van der Waals surface area contributed by atoms with Crippen LogP contribution in [0, 0.1) is 5.82 Å². The zero-order valence-electron chi connectivity index (χ0n) is 14.0. The molecular formula is C21H12FN5. The van der Waals surface area contributed by atoms with Crippen molar-refractivity contribution in [3.8, 4) is 22.5 Å². The predicted molar refractivity (Wildman–Crippen MR) is 101 cm³/mol. The lowest BCUT2D eigenvalue weighted by Gasteiger charge is -2.11. The van der Waals surface area contributed by atoms with E-state index >= 15 is 0 Å². The van der Waals surface area contributed by atoms with Crippen molar-refractivity contribution in [3.63, 3.8) is 0 Å². The number of halogens is 1. The van der Waals surface area contributed by atoms with Crippen LogP contribution in [0.15, 0.2) is 73.4 Å². The molecule has 0 aliphatic heterocycles. The molecule has 5 aromatic rings. The summed E-state index contributed by atoms with van der Waals surface area (Å²) >= 11 is 0. The summed E-state index contributed by atoms with van der Waals surface area (Å²) in [4.78, 5) is 21.8. The largest absolute Gasteiger partial charge is 0.262 e. The Bertz CT molecular complexity index is 1300. The summed E-state index contributed by atoms with van der Waals surface area (Å²) in [6.07, 6.45) is 6.57. The van der Waals surface area contributed by atoms with E-state index in [0.717, 1.165) is 27.5 Å². The van der Waals surface area contributed by atoms with E-state index in [0.29, 0.717) is 16.9 Å². The second-order valence-electron chi connectivity index (χ2n) is 6.02. The molecule has 0 atom stereocenters. The van der Waals surface area contributed by atoms with Crippen molar-refractivity contribution in [2.75, 3.05) is 0 Å². The van der Waals surface area contributed by atoms with Crippen molar-refractivity contribution in [1.29, 1.82) is 0 Å². The molecule has 4 heterocycles. The van der Waals surface area contributed by atoms with E-state index in [-0.39, 0.29) is 5.82 Å². The van der Waals surface area contributed by atoms with Gasteiger partial charge in [-0.3, -0.25) is 4.98 Å². The summed E-state index contributed by atoms with van der Waals surface area (Å²) in [6, 6.07) is 14.1. The van der Waals surface area contributed by atoms with Crippen molar-refractivity contribution >= 4 is 21.9 Å². The van der Waals surface area contributed by atoms with Crippen LogP contribution in [0.1, 0.15) is 0 Å². The highest BCUT2D eigenvalue weighted by molar-refractivity contribution is 6.01. The molecule has 1 aromatic carbocycles. The second kappa shape index (κ2) is 6.17. The van der Waals surface area contributed by atoms with E-state index in [9.17, 15) is 4.39 Å². The third kappa shape index (κ3) is 2.58. The summed E-state index contributed by atoms with van der Waals surface area (Å²) in [5, 5.41) is 1.71. The Labute approximate surface area is 153 Å². The molecule has 0 fully saturated rings. The van der Waals surface area contributed by atoms with Gasteiger partial charge in [-0.05, 0) is 36.4 Å². The first-order valence-corrected chi connectivity index (χ1v) is 8.37. The Hall–Kier alpha value is -3.80. The zero-order chi connectivity index (χ0) is 18.2. The minimum atomic E-state index is -0.331. The first-order valence-electron chi connectivity index (χ1n) is 8.37. The molecule has 0 bridgehead atoms. The van der Waals surface area contributed by atoms with Crippen molar-refractivity contribution in [3.05, 3.63) is 79.3 Å². The maximum Gasteiger partial charge on any atom is 0.160 e. The average molecular weight is 353 g/mol. The third-order valence-corrected chi connectivity index (χ3v) is 4.43. The lowest BCUT2D eigenvalue weighted by Crippen LogP contribution is -1.96. The van der Waals surface area contributed by atoms with Crippen molar-refractivity contribution in [2.24, 2.45) is 0 Å². The Morgan fingerprint density at radius 3 is 2.63 bits per heavy atom. The number of rotatable bonds is 2. The molecule has 0 unspecified atom stereocenters. The van der Waals surface area contributed by atoms with Crippen molar-refractivity contribution in [1.82, 2.24) is 24.9 Å². The summed E-state index contributed by atoms with van der Waals surface area (Å²) in [5.41, 5.74) is 3.77. The van der Waals surface area contributed by atoms with Crippen LogP contribution in [-0.4, -0.2) is 24.9 Å². The summed E-state index contributed by atoms with van der Waals surface area (Å²) < 4.78 is 14.4. The van der Waals surface area contributed by atoms with E-state index in [2.05, 4.69) is 24.9 Å². The standard InChI is InChI=1S/C21H12FN5/c22-17-6-2-1-4-14(17)18-10-16(13-5-3-8-24-21(13)27-18)20-15-7-9-23-11-19(15)25-12-26-20/h1-12H. The van der Waals surface area contributed by atoms with Crippen molar-refractivity contribution in [2.45, 2.75) is 0 Å². The summed E-state index contributed by atoms with van der Waals surface area (Å²) in [7, 11) is 0. The van der Waals surface area contributed by atoms with Crippen LogP contribution in [0.3, 0.4) is 0 Å². The molecule has 4 aromatic heterocycles. The van der Waals surface area contributed by atoms with Gasteiger partial charge in [0.1, 0.15) is 12.1 Å². The number of aromatic nitrogens is 5. The SMILES string of the molecule is Fc1ccccc1-c1cc(-c2ncnc3cnccc23)c2cccnc2n1. The Kier molecular flexibility index (Phi) is 3.53. The van der Waals surface area contributed by atoms with Gasteiger partial charge in [-0.1, -0.05) is 12.1 Å². The highest BCUT2D eigenvalue weighted by Gasteiger charge is 2.15. The quantitative estimate of drug-likeness (QED) is 0.469. The highest BCUT2D eigenvalue weighted by Crippen LogP contribution is 2.33. The summed E-state index contributed by atoms with van der Waals surface area (Å²) in [6.45, 7) is 0. The zero-order valence-corrected chi connectivity index (χ0v) is 14.0. The molecule has 27 heavy (non-hydrogen) atoms. The van der Waals surface area contributed by atoms with Crippen LogP contribution in [0.2, 0.25) is 0 Å². The van der Waals surface area contributed by atoms with Gasteiger partial charge in [0, 0.05) is 34.3 Å². The Morgan fingerprint density at radius 2 is 1.70 bits per heavy atom. The van der Waals surface area contributed by atoms with Crippen LogP contribution in [0.25, 0.3) is 44.5 Å². The first kappa shape index (κ1) is 15.5. The van der Waals surface area contributed by atoms with Gasteiger partial charge in [0.2, 0.25) is 0 Å². The monoisotopic (exact) mass is 353 g/mol. The molecule has 0 saturated heterocycles. The third-order valence-electron chi connectivity index (χ3n) is 4.43. The lowest BCUT2D eigenvalue weighted by atomic mass is 10.0. The fraction of sp³-hybridized carbons (Fsp3) is 0. The number of fused-ring (bicyclic) bond motifs is 2.